The predicted molar refractivity (Wildman–Crippen MR) is 53.6 cm³/mol. The first-order chi connectivity index (χ1) is 6.40. The first kappa shape index (κ1) is 11.4. The van der Waals surface area contributed by atoms with Crippen molar-refractivity contribution in [2.45, 2.75) is 13.5 Å². The summed E-state index contributed by atoms with van der Waals surface area (Å²) < 4.78 is 26.1. The fourth-order valence-corrected chi connectivity index (χ4v) is 1.49. The van der Waals surface area contributed by atoms with Crippen LogP contribution in [-0.4, -0.2) is 19.7 Å². The standard InChI is InChI=1S/C8H10ClNO3S/c1-6-3-4-10-8(9)7(6)5-13-14(2,11)12/h3-4H,5H2,1-2H3. The van der Waals surface area contributed by atoms with Gasteiger partial charge in [0.05, 0.1) is 12.9 Å². The van der Waals surface area contributed by atoms with Gasteiger partial charge in [-0.25, -0.2) is 4.98 Å². The molecule has 0 amide bonds. The van der Waals surface area contributed by atoms with E-state index < -0.39 is 10.1 Å². The molecule has 1 heterocycles. The Labute approximate surface area is 88.0 Å². The third-order valence-electron chi connectivity index (χ3n) is 1.65. The van der Waals surface area contributed by atoms with Crippen LogP contribution in [0.15, 0.2) is 12.3 Å². The molecule has 0 spiro atoms. The number of pyridine rings is 1. The normalized spacial score (nSPS) is 11.6. The van der Waals surface area contributed by atoms with Crippen LogP contribution in [0.25, 0.3) is 0 Å². The predicted octanol–water partition coefficient (Wildman–Crippen LogP) is 1.52. The van der Waals surface area contributed by atoms with E-state index in [0.717, 1.165) is 11.8 Å². The molecule has 4 nitrogen and oxygen atoms in total. The lowest BCUT2D eigenvalue weighted by Crippen LogP contribution is -2.04. The Bertz CT molecular complexity index is 410. The van der Waals surface area contributed by atoms with Crippen molar-refractivity contribution in [2.24, 2.45) is 0 Å². The summed E-state index contributed by atoms with van der Waals surface area (Å²) >= 11 is 5.77. The highest BCUT2D eigenvalue weighted by Crippen LogP contribution is 2.17. The van der Waals surface area contributed by atoms with E-state index >= 15 is 0 Å². The van der Waals surface area contributed by atoms with Crippen molar-refractivity contribution in [1.29, 1.82) is 0 Å². The zero-order chi connectivity index (χ0) is 10.8. The van der Waals surface area contributed by atoms with Crippen LogP contribution in [0.3, 0.4) is 0 Å². The topological polar surface area (TPSA) is 56.3 Å². The summed E-state index contributed by atoms with van der Waals surface area (Å²) in [4.78, 5) is 3.83. The van der Waals surface area contributed by atoms with Crippen LogP contribution < -0.4 is 0 Å². The lowest BCUT2D eigenvalue weighted by molar-refractivity contribution is 0.310. The number of halogens is 1. The van der Waals surface area contributed by atoms with E-state index in [-0.39, 0.29) is 11.8 Å². The van der Waals surface area contributed by atoms with Crippen molar-refractivity contribution < 1.29 is 12.6 Å². The highest BCUT2D eigenvalue weighted by atomic mass is 35.5. The molecule has 0 atom stereocenters. The quantitative estimate of drug-likeness (QED) is 0.589. The Morgan fingerprint density at radius 2 is 2.21 bits per heavy atom. The average Bonchev–Trinajstić information content (AvgIpc) is 2.01. The van der Waals surface area contributed by atoms with Gasteiger partial charge in [-0.05, 0) is 18.6 Å². The van der Waals surface area contributed by atoms with Gasteiger partial charge in [0.1, 0.15) is 5.15 Å². The first-order valence-corrected chi connectivity index (χ1v) is 6.04. The van der Waals surface area contributed by atoms with Crippen LogP contribution in [0, 0.1) is 6.92 Å². The third-order valence-corrected chi connectivity index (χ3v) is 2.53. The second kappa shape index (κ2) is 4.25. The van der Waals surface area contributed by atoms with Crippen molar-refractivity contribution in [2.75, 3.05) is 6.26 Å². The van der Waals surface area contributed by atoms with Crippen LogP contribution in [-0.2, 0) is 20.9 Å². The molecule has 0 aliphatic rings. The molecule has 0 unspecified atom stereocenters. The first-order valence-electron chi connectivity index (χ1n) is 3.84. The molecule has 0 aliphatic heterocycles. The highest BCUT2D eigenvalue weighted by Gasteiger charge is 2.08. The van der Waals surface area contributed by atoms with Crippen molar-refractivity contribution in [3.05, 3.63) is 28.5 Å². The molecule has 1 aromatic heterocycles. The molecule has 0 fully saturated rings. The minimum Gasteiger partial charge on any atom is -0.265 e. The number of aryl methyl sites for hydroxylation is 1. The summed E-state index contributed by atoms with van der Waals surface area (Å²) in [6.07, 6.45) is 2.55. The summed E-state index contributed by atoms with van der Waals surface area (Å²) in [5.41, 5.74) is 1.45. The molecule has 0 aliphatic carbocycles. The maximum absolute atomic E-state index is 10.7. The van der Waals surface area contributed by atoms with Gasteiger partial charge in [-0.15, -0.1) is 0 Å². The molecule has 0 saturated heterocycles. The molecule has 1 aromatic rings. The van der Waals surface area contributed by atoms with Gasteiger partial charge in [0.25, 0.3) is 10.1 Å². The molecule has 6 heteroatoms. The second-order valence-electron chi connectivity index (χ2n) is 2.86. The van der Waals surface area contributed by atoms with Crippen molar-refractivity contribution >= 4 is 21.7 Å². The molecule has 1 rings (SSSR count). The lowest BCUT2D eigenvalue weighted by atomic mass is 10.2. The van der Waals surface area contributed by atoms with Crippen LogP contribution in [0.4, 0.5) is 0 Å². The lowest BCUT2D eigenvalue weighted by Gasteiger charge is -2.06. The molecule has 0 saturated carbocycles. The van der Waals surface area contributed by atoms with Gasteiger partial charge in [-0.3, -0.25) is 4.18 Å². The second-order valence-corrected chi connectivity index (χ2v) is 4.87. The minimum absolute atomic E-state index is 0.0721. The van der Waals surface area contributed by atoms with E-state index in [1.165, 1.54) is 0 Å². The zero-order valence-electron chi connectivity index (χ0n) is 7.82. The molecular formula is C8H10ClNO3S. The van der Waals surface area contributed by atoms with E-state index in [1.807, 2.05) is 6.92 Å². The van der Waals surface area contributed by atoms with Crippen molar-refractivity contribution in [3.8, 4) is 0 Å². The maximum atomic E-state index is 10.7. The fraction of sp³-hybridized carbons (Fsp3) is 0.375. The van der Waals surface area contributed by atoms with Crippen LogP contribution >= 0.6 is 11.6 Å². The van der Waals surface area contributed by atoms with Crippen LogP contribution in [0.1, 0.15) is 11.1 Å². The summed E-state index contributed by atoms with van der Waals surface area (Å²) in [5.74, 6) is 0. The number of hydrogen-bond acceptors (Lipinski definition) is 4. The molecule has 0 bridgehead atoms. The number of hydrogen-bond donors (Lipinski definition) is 0. The van der Waals surface area contributed by atoms with E-state index in [1.54, 1.807) is 12.3 Å². The third kappa shape index (κ3) is 3.25. The van der Waals surface area contributed by atoms with Crippen LogP contribution in [0.5, 0.6) is 0 Å². The summed E-state index contributed by atoms with van der Waals surface area (Å²) in [5, 5.41) is 0.272. The number of aromatic nitrogens is 1. The molecule has 0 aromatic carbocycles. The van der Waals surface area contributed by atoms with E-state index in [9.17, 15) is 8.42 Å². The van der Waals surface area contributed by atoms with E-state index in [4.69, 9.17) is 11.6 Å². The van der Waals surface area contributed by atoms with Gasteiger partial charge in [0, 0.05) is 11.8 Å². The summed E-state index contributed by atoms with van der Waals surface area (Å²) in [6.45, 7) is 1.74. The Kier molecular flexibility index (Phi) is 3.47. The number of nitrogens with zero attached hydrogens (tertiary/aromatic N) is 1. The van der Waals surface area contributed by atoms with E-state index in [2.05, 4.69) is 9.17 Å². The molecule has 0 N–H and O–H groups in total. The van der Waals surface area contributed by atoms with Gasteiger partial charge < -0.3 is 0 Å². The van der Waals surface area contributed by atoms with Gasteiger partial charge in [0.2, 0.25) is 0 Å². The Morgan fingerprint density at radius 1 is 1.57 bits per heavy atom. The zero-order valence-corrected chi connectivity index (χ0v) is 9.39. The summed E-state index contributed by atoms with van der Waals surface area (Å²) in [6, 6.07) is 1.74. The average molecular weight is 236 g/mol. The minimum atomic E-state index is -3.44. The van der Waals surface area contributed by atoms with Crippen molar-refractivity contribution in [3.63, 3.8) is 0 Å². The number of rotatable bonds is 3. The van der Waals surface area contributed by atoms with Crippen LogP contribution in [0.2, 0.25) is 5.15 Å². The largest absolute Gasteiger partial charge is 0.265 e. The monoisotopic (exact) mass is 235 g/mol. The molecular weight excluding hydrogens is 226 g/mol. The van der Waals surface area contributed by atoms with Gasteiger partial charge in [0.15, 0.2) is 0 Å². The van der Waals surface area contributed by atoms with E-state index in [0.29, 0.717) is 5.56 Å². The highest BCUT2D eigenvalue weighted by molar-refractivity contribution is 7.85. The fourth-order valence-electron chi connectivity index (χ4n) is 0.895. The van der Waals surface area contributed by atoms with Gasteiger partial charge in [-0.1, -0.05) is 11.6 Å². The molecule has 78 valence electrons. The SMILES string of the molecule is Cc1ccnc(Cl)c1COS(C)(=O)=O. The molecule has 0 radical (unpaired) electrons. The molecule has 14 heavy (non-hydrogen) atoms. The Balaban J connectivity index is 2.87. The van der Waals surface area contributed by atoms with Crippen molar-refractivity contribution in [1.82, 2.24) is 4.98 Å². The van der Waals surface area contributed by atoms with Gasteiger partial charge in [-0.2, -0.15) is 8.42 Å². The Hall–Kier alpha value is -0.650. The summed E-state index contributed by atoms with van der Waals surface area (Å²) in [7, 11) is -3.44. The van der Waals surface area contributed by atoms with Gasteiger partial charge >= 0.3 is 0 Å². The Morgan fingerprint density at radius 3 is 2.71 bits per heavy atom. The maximum Gasteiger partial charge on any atom is 0.264 e. The smallest absolute Gasteiger partial charge is 0.264 e.